The lowest BCUT2D eigenvalue weighted by atomic mass is 10.1. The third-order valence-corrected chi connectivity index (χ3v) is 5.33. The summed E-state index contributed by atoms with van der Waals surface area (Å²) in [6.45, 7) is -0.254. The standard InChI is InChI=1S/C19H22N4O6S/c1-29-18-9-8-16(12-17(18)23(25)26)13-20-21-19(24)14-22(30(2,27)28)11-10-15-6-4-3-5-7-15/h3-9,12-13H,10-11,14H2,1-2H3,(H,21,24). The highest BCUT2D eigenvalue weighted by molar-refractivity contribution is 7.88. The lowest BCUT2D eigenvalue weighted by molar-refractivity contribution is -0.385. The van der Waals surface area contributed by atoms with Gasteiger partial charge in [-0.05, 0) is 24.1 Å². The molecule has 2 aromatic carbocycles. The van der Waals surface area contributed by atoms with Crippen LogP contribution in [0.25, 0.3) is 0 Å². The van der Waals surface area contributed by atoms with Crippen LogP contribution in [0.3, 0.4) is 0 Å². The molecule has 1 N–H and O–H groups in total. The van der Waals surface area contributed by atoms with E-state index in [0.29, 0.717) is 12.0 Å². The number of hydrogen-bond donors (Lipinski definition) is 1. The quantitative estimate of drug-likeness (QED) is 0.343. The van der Waals surface area contributed by atoms with E-state index in [-0.39, 0.29) is 18.0 Å². The average molecular weight is 434 g/mol. The van der Waals surface area contributed by atoms with Crippen molar-refractivity contribution in [2.75, 3.05) is 26.5 Å². The number of benzene rings is 2. The van der Waals surface area contributed by atoms with E-state index in [9.17, 15) is 23.3 Å². The van der Waals surface area contributed by atoms with E-state index >= 15 is 0 Å². The molecular formula is C19H22N4O6S. The molecule has 0 bridgehead atoms. The van der Waals surface area contributed by atoms with E-state index in [1.807, 2.05) is 30.3 Å². The van der Waals surface area contributed by atoms with Crippen LogP contribution in [0.5, 0.6) is 5.75 Å². The number of nitrogens with one attached hydrogen (secondary N) is 1. The highest BCUT2D eigenvalue weighted by Crippen LogP contribution is 2.26. The number of sulfonamides is 1. The van der Waals surface area contributed by atoms with Crippen LogP contribution in [0.1, 0.15) is 11.1 Å². The Morgan fingerprint density at radius 2 is 1.97 bits per heavy atom. The minimum Gasteiger partial charge on any atom is -0.490 e. The van der Waals surface area contributed by atoms with Gasteiger partial charge in [0.2, 0.25) is 10.0 Å². The lowest BCUT2D eigenvalue weighted by Crippen LogP contribution is -2.40. The van der Waals surface area contributed by atoms with Crippen LogP contribution < -0.4 is 10.2 Å². The number of amides is 1. The maximum absolute atomic E-state index is 12.1. The Morgan fingerprint density at radius 1 is 1.27 bits per heavy atom. The van der Waals surface area contributed by atoms with Crippen LogP contribution in [0, 0.1) is 10.1 Å². The van der Waals surface area contributed by atoms with Gasteiger partial charge in [0.15, 0.2) is 5.75 Å². The molecule has 0 heterocycles. The molecule has 30 heavy (non-hydrogen) atoms. The number of hydrogen-bond acceptors (Lipinski definition) is 7. The van der Waals surface area contributed by atoms with Gasteiger partial charge in [0, 0.05) is 18.2 Å². The molecule has 0 unspecified atom stereocenters. The van der Waals surface area contributed by atoms with E-state index in [2.05, 4.69) is 10.5 Å². The maximum atomic E-state index is 12.1. The summed E-state index contributed by atoms with van der Waals surface area (Å²) < 4.78 is 29.9. The highest BCUT2D eigenvalue weighted by atomic mass is 32.2. The van der Waals surface area contributed by atoms with Crippen LogP contribution in [-0.2, 0) is 21.2 Å². The number of nitro groups is 1. The zero-order valence-corrected chi connectivity index (χ0v) is 17.3. The smallest absolute Gasteiger partial charge is 0.311 e. The number of rotatable bonds is 10. The molecule has 0 aromatic heterocycles. The van der Waals surface area contributed by atoms with Crippen molar-refractivity contribution in [1.82, 2.24) is 9.73 Å². The number of hydrazone groups is 1. The zero-order valence-electron chi connectivity index (χ0n) is 16.5. The fourth-order valence-electron chi connectivity index (χ4n) is 2.56. The molecule has 0 radical (unpaired) electrons. The molecule has 0 spiro atoms. The summed E-state index contributed by atoms with van der Waals surface area (Å²) in [7, 11) is -2.28. The second-order valence-corrected chi connectivity index (χ2v) is 8.30. The van der Waals surface area contributed by atoms with E-state index in [1.54, 1.807) is 0 Å². The molecule has 2 aromatic rings. The number of nitrogens with zero attached hydrogens (tertiary/aromatic N) is 3. The van der Waals surface area contributed by atoms with Gasteiger partial charge in [-0.3, -0.25) is 14.9 Å². The fourth-order valence-corrected chi connectivity index (χ4v) is 3.34. The van der Waals surface area contributed by atoms with Crippen LogP contribution in [-0.4, -0.2) is 56.2 Å². The summed E-state index contributed by atoms with van der Waals surface area (Å²) in [6.07, 6.45) is 2.71. The first-order valence-electron chi connectivity index (χ1n) is 8.84. The Labute approximate surface area is 174 Å². The van der Waals surface area contributed by atoms with Crippen molar-refractivity contribution in [3.8, 4) is 5.75 Å². The first kappa shape index (κ1) is 23.0. The minimum absolute atomic E-state index is 0.100. The van der Waals surface area contributed by atoms with Crippen molar-refractivity contribution in [1.29, 1.82) is 0 Å². The Bertz CT molecular complexity index is 1020. The van der Waals surface area contributed by atoms with Gasteiger partial charge in [0.05, 0.1) is 31.0 Å². The highest BCUT2D eigenvalue weighted by Gasteiger charge is 2.20. The molecule has 160 valence electrons. The van der Waals surface area contributed by atoms with Gasteiger partial charge in [-0.1, -0.05) is 30.3 Å². The molecule has 11 heteroatoms. The van der Waals surface area contributed by atoms with Gasteiger partial charge in [0.1, 0.15) is 0 Å². The fraction of sp³-hybridized carbons (Fsp3) is 0.263. The van der Waals surface area contributed by atoms with Crippen LogP contribution in [0.15, 0.2) is 53.6 Å². The number of ether oxygens (including phenoxy) is 1. The van der Waals surface area contributed by atoms with Crippen molar-refractivity contribution < 1.29 is 22.9 Å². The predicted octanol–water partition coefficient (Wildman–Crippen LogP) is 1.56. The Morgan fingerprint density at radius 3 is 2.57 bits per heavy atom. The molecule has 0 aliphatic rings. The molecule has 0 aliphatic heterocycles. The first-order chi connectivity index (χ1) is 14.2. The zero-order chi connectivity index (χ0) is 22.1. The van der Waals surface area contributed by atoms with Crippen LogP contribution in [0.4, 0.5) is 5.69 Å². The van der Waals surface area contributed by atoms with Crippen molar-refractivity contribution in [2.45, 2.75) is 6.42 Å². The summed E-state index contributed by atoms with van der Waals surface area (Å²) in [5.41, 5.74) is 3.31. The summed E-state index contributed by atoms with van der Waals surface area (Å²) >= 11 is 0. The van der Waals surface area contributed by atoms with Gasteiger partial charge < -0.3 is 4.74 Å². The summed E-state index contributed by atoms with van der Waals surface area (Å²) in [5.74, 6) is -0.531. The van der Waals surface area contributed by atoms with E-state index in [4.69, 9.17) is 4.74 Å². The maximum Gasteiger partial charge on any atom is 0.311 e. The molecule has 0 atom stereocenters. The molecule has 2 rings (SSSR count). The second-order valence-electron chi connectivity index (χ2n) is 6.31. The van der Waals surface area contributed by atoms with E-state index < -0.39 is 27.4 Å². The average Bonchev–Trinajstić information content (AvgIpc) is 2.70. The second kappa shape index (κ2) is 10.5. The monoisotopic (exact) mass is 434 g/mol. The molecule has 1 amide bonds. The van der Waals surface area contributed by atoms with Crippen LogP contribution in [0.2, 0.25) is 0 Å². The molecule has 0 fully saturated rings. The summed E-state index contributed by atoms with van der Waals surface area (Å²) in [5, 5.41) is 14.8. The largest absolute Gasteiger partial charge is 0.490 e. The van der Waals surface area contributed by atoms with Gasteiger partial charge in [-0.15, -0.1) is 0 Å². The Hall–Kier alpha value is -3.31. The molecule has 10 nitrogen and oxygen atoms in total. The first-order valence-corrected chi connectivity index (χ1v) is 10.7. The van der Waals surface area contributed by atoms with Crippen LogP contribution >= 0.6 is 0 Å². The van der Waals surface area contributed by atoms with Gasteiger partial charge in [-0.25, -0.2) is 13.8 Å². The van der Waals surface area contributed by atoms with Gasteiger partial charge >= 0.3 is 5.69 Å². The van der Waals surface area contributed by atoms with E-state index in [0.717, 1.165) is 16.1 Å². The number of nitro benzene ring substituents is 1. The topological polar surface area (TPSA) is 131 Å². The molecule has 0 saturated heterocycles. The number of carbonyl (C=O) groups excluding carboxylic acids is 1. The molecule has 0 saturated carbocycles. The van der Waals surface area contributed by atoms with Gasteiger partial charge in [-0.2, -0.15) is 9.41 Å². The van der Waals surface area contributed by atoms with Crippen molar-refractivity contribution in [3.05, 3.63) is 69.8 Å². The summed E-state index contributed by atoms with van der Waals surface area (Å²) in [6, 6.07) is 13.5. The van der Waals surface area contributed by atoms with Crippen molar-refractivity contribution in [3.63, 3.8) is 0 Å². The van der Waals surface area contributed by atoms with Gasteiger partial charge in [0.25, 0.3) is 5.91 Å². The Balaban J connectivity index is 1.98. The van der Waals surface area contributed by atoms with Crippen molar-refractivity contribution >= 4 is 27.8 Å². The van der Waals surface area contributed by atoms with E-state index in [1.165, 1.54) is 31.5 Å². The number of methoxy groups -OCH3 is 1. The lowest BCUT2D eigenvalue weighted by Gasteiger charge is -2.18. The van der Waals surface area contributed by atoms with Crippen molar-refractivity contribution in [2.24, 2.45) is 5.10 Å². The number of carbonyl (C=O) groups is 1. The Kier molecular flexibility index (Phi) is 8.01. The molecular weight excluding hydrogens is 412 g/mol. The summed E-state index contributed by atoms with van der Waals surface area (Å²) in [4.78, 5) is 22.6. The third kappa shape index (κ3) is 6.94. The predicted molar refractivity (Wildman–Crippen MR) is 112 cm³/mol. The minimum atomic E-state index is -3.60. The normalized spacial score (nSPS) is 11.6. The molecule has 0 aliphatic carbocycles. The SMILES string of the molecule is COc1ccc(C=NNC(=O)CN(CCc2ccccc2)S(C)(=O)=O)cc1[N+](=O)[O-]. The third-order valence-electron chi connectivity index (χ3n) is 4.08.